The molecule has 1 amide bonds. The quantitative estimate of drug-likeness (QED) is 0.704. The third kappa shape index (κ3) is 5.05. The van der Waals surface area contributed by atoms with Gasteiger partial charge in [0.15, 0.2) is 0 Å². The monoisotopic (exact) mass is 345 g/mol. The number of halogens is 1. The Morgan fingerprint density at radius 1 is 1.15 bits per heavy atom. The summed E-state index contributed by atoms with van der Waals surface area (Å²) in [7, 11) is 0. The zero-order chi connectivity index (χ0) is 15.4. The molecule has 0 aromatic carbocycles. The number of hydrogen-bond donors (Lipinski definition) is 1. The van der Waals surface area contributed by atoms with Crippen LogP contribution in [0.4, 0.5) is 0 Å². The van der Waals surface area contributed by atoms with Crippen LogP contribution in [0.2, 0.25) is 0 Å². The van der Waals surface area contributed by atoms with E-state index in [1.807, 2.05) is 0 Å². The number of hydrogen-bond acceptors (Lipinski definition) is 1. The van der Waals surface area contributed by atoms with E-state index in [1.54, 1.807) is 0 Å². The highest BCUT2D eigenvalue weighted by Gasteiger charge is 2.34. The summed E-state index contributed by atoms with van der Waals surface area (Å²) < 4.78 is 0. The second-order valence-electron chi connectivity index (χ2n) is 7.76. The fourth-order valence-corrected chi connectivity index (χ4v) is 4.03. The van der Waals surface area contributed by atoms with Gasteiger partial charge < -0.3 is 5.32 Å². The van der Waals surface area contributed by atoms with E-state index in [1.165, 1.54) is 12.8 Å². The summed E-state index contributed by atoms with van der Waals surface area (Å²) in [4.78, 5) is 12.5. The second-order valence-corrected chi connectivity index (χ2v) is 8.55. The summed E-state index contributed by atoms with van der Waals surface area (Å²) in [5.74, 6) is 1.28. The Kier molecular flexibility index (Phi) is 6.56. The number of carbonyl (C=O) groups excluding carboxylic acids is 1. The van der Waals surface area contributed by atoms with Crippen molar-refractivity contribution < 1.29 is 4.79 Å². The Bertz CT molecular complexity index is 315. The van der Waals surface area contributed by atoms with Crippen LogP contribution in [0.1, 0.15) is 73.1 Å². The first-order valence-corrected chi connectivity index (χ1v) is 9.22. The molecule has 0 heterocycles. The molecular weight excluding hydrogens is 314 g/mol. The standard InChI is InChI=1S/C17H32BrNO/c1-6-17(5,11-12-18)19-15(20)13-7-9-14(10-8-13)16(2,3)4/h13-14H,6-12H2,1-5H3,(H,19,20). The van der Waals surface area contributed by atoms with E-state index in [9.17, 15) is 4.79 Å². The summed E-state index contributed by atoms with van der Waals surface area (Å²) in [6, 6.07) is 0. The van der Waals surface area contributed by atoms with E-state index in [0.717, 1.165) is 36.9 Å². The summed E-state index contributed by atoms with van der Waals surface area (Å²) in [6.07, 6.45) is 6.49. The average molecular weight is 346 g/mol. The van der Waals surface area contributed by atoms with E-state index in [2.05, 4.69) is 55.9 Å². The van der Waals surface area contributed by atoms with Crippen LogP contribution in [-0.2, 0) is 4.79 Å². The van der Waals surface area contributed by atoms with Gasteiger partial charge in [-0.2, -0.15) is 0 Å². The maximum Gasteiger partial charge on any atom is 0.223 e. The Labute approximate surface area is 133 Å². The molecule has 3 heteroatoms. The van der Waals surface area contributed by atoms with Crippen LogP contribution in [-0.4, -0.2) is 16.8 Å². The van der Waals surface area contributed by atoms with Crippen LogP contribution in [0.25, 0.3) is 0 Å². The molecule has 0 aliphatic heterocycles. The van der Waals surface area contributed by atoms with Gasteiger partial charge in [-0.3, -0.25) is 4.79 Å². The molecule has 0 bridgehead atoms. The number of nitrogens with one attached hydrogen (secondary N) is 1. The molecule has 1 aliphatic rings. The van der Waals surface area contributed by atoms with Crippen molar-refractivity contribution >= 4 is 21.8 Å². The molecule has 0 aromatic rings. The van der Waals surface area contributed by atoms with Crippen LogP contribution in [0.15, 0.2) is 0 Å². The lowest BCUT2D eigenvalue weighted by Gasteiger charge is -2.38. The average Bonchev–Trinajstić information content (AvgIpc) is 2.38. The van der Waals surface area contributed by atoms with Crippen molar-refractivity contribution in [3.05, 3.63) is 0 Å². The largest absolute Gasteiger partial charge is 0.351 e. The molecule has 1 fully saturated rings. The predicted octanol–water partition coefficient (Wildman–Crippen LogP) is 4.91. The first kappa shape index (κ1) is 18.0. The predicted molar refractivity (Wildman–Crippen MR) is 90.2 cm³/mol. The second kappa shape index (κ2) is 7.29. The van der Waals surface area contributed by atoms with E-state index in [4.69, 9.17) is 0 Å². The molecule has 1 aliphatic carbocycles. The zero-order valence-corrected chi connectivity index (χ0v) is 15.5. The van der Waals surface area contributed by atoms with Gasteiger partial charge in [0.05, 0.1) is 0 Å². The van der Waals surface area contributed by atoms with E-state index in [0.29, 0.717) is 5.41 Å². The minimum absolute atomic E-state index is 0.0541. The molecule has 1 unspecified atom stereocenters. The topological polar surface area (TPSA) is 29.1 Å². The SMILES string of the molecule is CCC(C)(CCBr)NC(=O)C1CCC(C(C)(C)C)CC1. The van der Waals surface area contributed by atoms with Gasteiger partial charge in [-0.15, -0.1) is 0 Å². The van der Waals surface area contributed by atoms with Crippen LogP contribution >= 0.6 is 15.9 Å². The van der Waals surface area contributed by atoms with Gasteiger partial charge in [0.2, 0.25) is 5.91 Å². The van der Waals surface area contributed by atoms with Crippen molar-refractivity contribution in [2.75, 3.05) is 5.33 Å². The molecule has 1 saturated carbocycles. The van der Waals surface area contributed by atoms with E-state index in [-0.39, 0.29) is 17.4 Å². The fourth-order valence-electron chi connectivity index (χ4n) is 3.16. The van der Waals surface area contributed by atoms with Crippen LogP contribution < -0.4 is 5.32 Å². The smallest absolute Gasteiger partial charge is 0.223 e. The van der Waals surface area contributed by atoms with Gasteiger partial charge in [0, 0.05) is 16.8 Å². The number of rotatable bonds is 5. The van der Waals surface area contributed by atoms with Crippen molar-refractivity contribution in [1.29, 1.82) is 0 Å². The van der Waals surface area contributed by atoms with Crippen molar-refractivity contribution in [3.63, 3.8) is 0 Å². The van der Waals surface area contributed by atoms with Gasteiger partial charge in [0.25, 0.3) is 0 Å². The highest BCUT2D eigenvalue weighted by Crippen LogP contribution is 2.40. The van der Waals surface area contributed by atoms with Gasteiger partial charge >= 0.3 is 0 Å². The molecule has 0 spiro atoms. The molecule has 2 nitrogen and oxygen atoms in total. The molecular formula is C17H32BrNO. The highest BCUT2D eigenvalue weighted by molar-refractivity contribution is 9.09. The summed E-state index contributed by atoms with van der Waals surface area (Å²) in [5.41, 5.74) is 0.330. The number of alkyl halides is 1. The van der Waals surface area contributed by atoms with Crippen LogP contribution in [0.5, 0.6) is 0 Å². The maximum atomic E-state index is 12.5. The molecule has 1 rings (SSSR count). The summed E-state index contributed by atoms with van der Waals surface area (Å²) in [5, 5.41) is 4.24. The Morgan fingerprint density at radius 3 is 2.10 bits per heavy atom. The molecule has 0 radical (unpaired) electrons. The lowest BCUT2D eigenvalue weighted by molar-refractivity contribution is -0.128. The summed E-state index contributed by atoms with van der Waals surface area (Å²) >= 11 is 3.49. The number of amides is 1. The minimum Gasteiger partial charge on any atom is -0.351 e. The Balaban J connectivity index is 2.51. The first-order chi connectivity index (χ1) is 9.22. The number of carbonyl (C=O) groups is 1. The lowest BCUT2D eigenvalue weighted by Crippen LogP contribution is -2.49. The van der Waals surface area contributed by atoms with Crippen molar-refractivity contribution in [3.8, 4) is 0 Å². The molecule has 1 N–H and O–H groups in total. The molecule has 20 heavy (non-hydrogen) atoms. The van der Waals surface area contributed by atoms with Gasteiger partial charge in [0.1, 0.15) is 0 Å². The molecule has 0 saturated heterocycles. The summed E-state index contributed by atoms with van der Waals surface area (Å²) in [6.45, 7) is 11.3. The fraction of sp³-hybridized carbons (Fsp3) is 0.941. The Hall–Kier alpha value is -0.0500. The van der Waals surface area contributed by atoms with Crippen molar-refractivity contribution in [2.45, 2.75) is 78.7 Å². The third-order valence-corrected chi connectivity index (χ3v) is 5.57. The normalized spacial score (nSPS) is 26.9. The van der Waals surface area contributed by atoms with Gasteiger partial charge in [-0.25, -0.2) is 0 Å². The van der Waals surface area contributed by atoms with E-state index < -0.39 is 0 Å². The molecule has 118 valence electrons. The van der Waals surface area contributed by atoms with Crippen molar-refractivity contribution in [2.24, 2.45) is 17.3 Å². The minimum atomic E-state index is -0.0541. The Morgan fingerprint density at radius 2 is 1.70 bits per heavy atom. The lowest BCUT2D eigenvalue weighted by atomic mass is 9.69. The highest BCUT2D eigenvalue weighted by atomic mass is 79.9. The van der Waals surface area contributed by atoms with E-state index >= 15 is 0 Å². The van der Waals surface area contributed by atoms with Crippen LogP contribution in [0, 0.1) is 17.3 Å². The van der Waals surface area contributed by atoms with Crippen molar-refractivity contribution in [1.82, 2.24) is 5.32 Å². The first-order valence-electron chi connectivity index (χ1n) is 8.10. The molecule has 0 aromatic heterocycles. The van der Waals surface area contributed by atoms with Crippen LogP contribution in [0.3, 0.4) is 0 Å². The van der Waals surface area contributed by atoms with Gasteiger partial charge in [-0.05, 0) is 56.8 Å². The maximum absolute atomic E-state index is 12.5. The van der Waals surface area contributed by atoms with Gasteiger partial charge in [-0.1, -0.05) is 43.6 Å². The molecule has 1 atom stereocenters. The third-order valence-electron chi connectivity index (χ3n) is 5.17. The zero-order valence-electron chi connectivity index (χ0n) is 13.9.